The molecule has 1 amide bonds. The molecular formula is C20H19ClN4O3S. The van der Waals surface area contributed by atoms with E-state index in [9.17, 15) is 9.59 Å². The smallest absolute Gasteiger partial charge is 0.337 e. The maximum absolute atomic E-state index is 12.6. The Morgan fingerprint density at radius 2 is 2.21 bits per heavy atom. The molecule has 0 fully saturated rings. The number of hydrogen-bond donors (Lipinski definition) is 0. The summed E-state index contributed by atoms with van der Waals surface area (Å²) in [7, 11) is 1.34. The summed E-state index contributed by atoms with van der Waals surface area (Å²) in [5, 5.41) is 5.36. The molecule has 7 nitrogen and oxygen atoms in total. The zero-order valence-corrected chi connectivity index (χ0v) is 17.4. The second-order valence-corrected chi connectivity index (χ2v) is 8.11. The van der Waals surface area contributed by atoms with Gasteiger partial charge in [0.2, 0.25) is 5.91 Å². The Bertz CT molecular complexity index is 1090. The number of aryl methyl sites for hydroxylation is 1. The number of methoxy groups -OCH3 is 1. The summed E-state index contributed by atoms with van der Waals surface area (Å²) in [5.74, 6) is -0.340. The minimum Gasteiger partial charge on any atom is -0.465 e. The number of hydrogen-bond acceptors (Lipinski definition) is 6. The van der Waals surface area contributed by atoms with Gasteiger partial charge in [0.05, 0.1) is 22.4 Å². The normalized spacial score (nSPS) is 14.1. The summed E-state index contributed by atoms with van der Waals surface area (Å²) >= 11 is 7.79. The number of halogens is 1. The molecule has 0 saturated carbocycles. The Kier molecular flexibility index (Phi) is 5.64. The van der Waals surface area contributed by atoms with Crippen molar-refractivity contribution < 1.29 is 14.3 Å². The van der Waals surface area contributed by atoms with Crippen LogP contribution in [0, 0.1) is 0 Å². The zero-order valence-electron chi connectivity index (χ0n) is 15.8. The number of rotatable bonds is 5. The molecule has 0 saturated heterocycles. The van der Waals surface area contributed by atoms with E-state index in [1.807, 2.05) is 17.2 Å². The highest BCUT2D eigenvalue weighted by Gasteiger charge is 2.22. The average molecular weight is 431 g/mol. The number of nitrogens with zero attached hydrogens (tertiary/aromatic N) is 4. The van der Waals surface area contributed by atoms with E-state index in [2.05, 4.69) is 16.2 Å². The lowest BCUT2D eigenvalue weighted by atomic mass is 10.1. The molecule has 1 aromatic carbocycles. The molecule has 0 N–H and O–H groups in total. The van der Waals surface area contributed by atoms with Crippen LogP contribution in [-0.4, -0.2) is 51.7 Å². The first-order valence-corrected chi connectivity index (χ1v) is 10.4. The molecule has 0 radical (unpaired) electrons. The number of aromatic nitrogens is 3. The molecule has 29 heavy (non-hydrogen) atoms. The van der Waals surface area contributed by atoms with Crippen LogP contribution in [0.1, 0.15) is 28.2 Å². The van der Waals surface area contributed by atoms with Crippen molar-refractivity contribution in [3.63, 3.8) is 0 Å². The first-order valence-electron chi connectivity index (χ1n) is 9.18. The summed E-state index contributed by atoms with van der Waals surface area (Å²) in [4.78, 5) is 31.0. The highest BCUT2D eigenvalue weighted by molar-refractivity contribution is 7.19. The van der Waals surface area contributed by atoms with Gasteiger partial charge in [0, 0.05) is 44.0 Å². The monoisotopic (exact) mass is 430 g/mol. The van der Waals surface area contributed by atoms with Gasteiger partial charge in [-0.25, -0.2) is 9.78 Å². The molecule has 9 heteroatoms. The van der Waals surface area contributed by atoms with Gasteiger partial charge < -0.3 is 9.64 Å². The van der Waals surface area contributed by atoms with Gasteiger partial charge >= 0.3 is 5.97 Å². The van der Waals surface area contributed by atoms with Gasteiger partial charge in [0.25, 0.3) is 0 Å². The molecule has 1 aliphatic rings. The summed E-state index contributed by atoms with van der Waals surface area (Å²) in [6, 6.07) is 5.15. The van der Waals surface area contributed by atoms with Gasteiger partial charge in [0.1, 0.15) is 10.5 Å². The second-order valence-electron chi connectivity index (χ2n) is 6.67. The first kappa shape index (κ1) is 19.6. The number of ether oxygens (including phenoxy) is 1. The second kappa shape index (κ2) is 8.34. The van der Waals surface area contributed by atoms with Gasteiger partial charge in [0.15, 0.2) is 0 Å². The van der Waals surface area contributed by atoms with Crippen LogP contribution in [0.2, 0.25) is 5.02 Å². The van der Waals surface area contributed by atoms with Crippen molar-refractivity contribution in [2.75, 3.05) is 20.2 Å². The lowest BCUT2D eigenvalue weighted by Gasteiger charge is -2.26. The third kappa shape index (κ3) is 4.18. The molecule has 3 heterocycles. The Balaban J connectivity index is 1.51. The van der Waals surface area contributed by atoms with Gasteiger partial charge in [-0.3, -0.25) is 9.48 Å². The van der Waals surface area contributed by atoms with Crippen LogP contribution < -0.4 is 0 Å². The standard InChI is InChI=1S/C20H19ClN4O3S/c1-28-20(27)14-10-15(21)18-16(11-14)29-19(23-18)13-4-2-7-24(12-13)17(26)5-9-25-8-3-6-22-25/h3-4,6,8,10-11H,2,5,7,9,12H2,1H3. The molecular weight excluding hydrogens is 412 g/mol. The number of benzene rings is 1. The van der Waals surface area contributed by atoms with E-state index < -0.39 is 5.97 Å². The fourth-order valence-electron chi connectivity index (χ4n) is 3.27. The van der Waals surface area contributed by atoms with E-state index in [0.717, 1.165) is 21.7 Å². The van der Waals surface area contributed by atoms with E-state index >= 15 is 0 Å². The Morgan fingerprint density at radius 3 is 2.97 bits per heavy atom. The molecule has 0 spiro atoms. The van der Waals surface area contributed by atoms with Crippen LogP contribution in [0.25, 0.3) is 15.8 Å². The van der Waals surface area contributed by atoms with Crippen LogP contribution in [0.3, 0.4) is 0 Å². The van der Waals surface area contributed by atoms with E-state index in [-0.39, 0.29) is 5.91 Å². The maximum Gasteiger partial charge on any atom is 0.337 e. The minimum absolute atomic E-state index is 0.0956. The fraction of sp³-hybridized carbons (Fsp3) is 0.300. The first-order chi connectivity index (χ1) is 14.0. The predicted octanol–water partition coefficient (Wildman–Crippen LogP) is 3.64. The van der Waals surface area contributed by atoms with Crippen LogP contribution in [0.5, 0.6) is 0 Å². The molecule has 150 valence electrons. The number of thiazole rings is 1. The topological polar surface area (TPSA) is 77.3 Å². The summed E-state index contributed by atoms with van der Waals surface area (Å²) in [5.41, 5.74) is 2.05. The lowest BCUT2D eigenvalue weighted by molar-refractivity contribution is -0.131. The number of carbonyl (C=O) groups excluding carboxylic acids is 2. The van der Waals surface area contributed by atoms with E-state index in [1.165, 1.54) is 18.4 Å². The van der Waals surface area contributed by atoms with E-state index in [1.54, 1.807) is 23.0 Å². The zero-order chi connectivity index (χ0) is 20.4. The average Bonchev–Trinajstić information content (AvgIpc) is 3.41. The minimum atomic E-state index is -0.436. The van der Waals surface area contributed by atoms with Crippen LogP contribution in [0.4, 0.5) is 0 Å². The number of esters is 1. The molecule has 3 aromatic rings. The van der Waals surface area contributed by atoms with Crippen molar-refractivity contribution >= 4 is 50.6 Å². The highest BCUT2D eigenvalue weighted by Crippen LogP contribution is 2.34. The summed E-state index contributed by atoms with van der Waals surface area (Å²) in [6.07, 6.45) is 6.85. The van der Waals surface area contributed by atoms with Crippen molar-refractivity contribution in [2.45, 2.75) is 19.4 Å². The quantitative estimate of drug-likeness (QED) is 0.577. The SMILES string of the molecule is COC(=O)c1cc(Cl)c2nc(C3=CCCN(C(=O)CCn4cccn4)C3)sc2c1. The van der Waals surface area contributed by atoms with Crippen LogP contribution >= 0.6 is 22.9 Å². The van der Waals surface area contributed by atoms with Gasteiger partial charge in [-0.15, -0.1) is 11.3 Å². The van der Waals surface area contributed by atoms with Crippen LogP contribution in [0.15, 0.2) is 36.7 Å². The molecule has 0 unspecified atom stereocenters. The molecule has 0 atom stereocenters. The number of carbonyl (C=O) groups is 2. The van der Waals surface area contributed by atoms with Crippen LogP contribution in [-0.2, 0) is 16.1 Å². The Hall–Kier alpha value is -2.71. The molecule has 0 bridgehead atoms. The summed E-state index contributed by atoms with van der Waals surface area (Å²) < 4.78 is 7.35. The molecule has 1 aliphatic heterocycles. The third-order valence-corrected chi connectivity index (χ3v) is 6.13. The van der Waals surface area contributed by atoms with Crippen molar-refractivity contribution in [2.24, 2.45) is 0 Å². The maximum atomic E-state index is 12.6. The largest absolute Gasteiger partial charge is 0.465 e. The molecule has 2 aromatic heterocycles. The predicted molar refractivity (Wildman–Crippen MR) is 112 cm³/mol. The number of fused-ring (bicyclic) bond motifs is 1. The molecule has 4 rings (SSSR count). The van der Waals surface area contributed by atoms with Crippen molar-refractivity contribution in [3.8, 4) is 0 Å². The van der Waals surface area contributed by atoms with Crippen molar-refractivity contribution in [1.29, 1.82) is 0 Å². The highest BCUT2D eigenvalue weighted by atomic mass is 35.5. The van der Waals surface area contributed by atoms with E-state index in [4.69, 9.17) is 16.3 Å². The van der Waals surface area contributed by atoms with Gasteiger partial charge in [-0.2, -0.15) is 5.10 Å². The Morgan fingerprint density at radius 1 is 1.34 bits per heavy atom. The van der Waals surface area contributed by atoms with Crippen molar-refractivity contribution in [3.05, 3.63) is 52.3 Å². The van der Waals surface area contributed by atoms with Crippen molar-refractivity contribution in [1.82, 2.24) is 19.7 Å². The van der Waals surface area contributed by atoms with E-state index in [0.29, 0.717) is 42.2 Å². The molecule has 0 aliphatic carbocycles. The van der Waals surface area contributed by atoms with Gasteiger partial charge in [-0.1, -0.05) is 17.7 Å². The third-order valence-electron chi connectivity index (χ3n) is 4.76. The summed E-state index contributed by atoms with van der Waals surface area (Å²) in [6.45, 7) is 1.77. The Labute approximate surface area is 176 Å². The lowest BCUT2D eigenvalue weighted by Crippen LogP contribution is -2.35. The fourth-order valence-corrected chi connectivity index (χ4v) is 4.65. The number of amides is 1. The van der Waals surface area contributed by atoms with Gasteiger partial charge in [-0.05, 0) is 24.6 Å².